The minimum Gasteiger partial charge on any atom is -0.481 e. The quantitative estimate of drug-likeness (QED) is 0.575. The van der Waals surface area contributed by atoms with Gasteiger partial charge in [0, 0.05) is 20.6 Å². The molecule has 0 radical (unpaired) electrons. The lowest BCUT2D eigenvalue weighted by Gasteiger charge is -2.46. The number of carboxylic acid groups (broad SMARTS) is 1. The Balaban J connectivity index is 1.59. The predicted molar refractivity (Wildman–Crippen MR) is 111 cm³/mol. The van der Waals surface area contributed by atoms with Gasteiger partial charge in [0.2, 0.25) is 0 Å². The molecule has 0 heterocycles. The van der Waals surface area contributed by atoms with Crippen LogP contribution in [0, 0.1) is 29.6 Å². The highest BCUT2D eigenvalue weighted by atomic mass is 16.5. The fourth-order valence-electron chi connectivity index (χ4n) is 6.76. The van der Waals surface area contributed by atoms with Crippen LogP contribution in [0.5, 0.6) is 0 Å². The van der Waals surface area contributed by atoms with Crippen LogP contribution in [0.1, 0.15) is 89.9 Å². The molecule has 0 aromatic heterocycles. The van der Waals surface area contributed by atoms with Gasteiger partial charge in [0.15, 0.2) is 0 Å². The second kappa shape index (κ2) is 11.0. The van der Waals surface area contributed by atoms with Crippen LogP contribution in [0.25, 0.3) is 0 Å². The summed E-state index contributed by atoms with van der Waals surface area (Å²) >= 11 is 0. The first-order valence-electron chi connectivity index (χ1n) is 11.9. The first-order valence-corrected chi connectivity index (χ1v) is 11.9. The molecule has 4 heteroatoms. The molecule has 0 aliphatic heterocycles. The van der Waals surface area contributed by atoms with Crippen LogP contribution < -0.4 is 0 Å². The predicted octanol–water partition coefficient (Wildman–Crippen LogP) is 5.68. The average molecular weight is 395 g/mol. The van der Waals surface area contributed by atoms with E-state index in [0.29, 0.717) is 24.5 Å². The number of rotatable bonds is 8. The van der Waals surface area contributed by atoms with Crippen molar-refractivity contribution in [2.24, 2.45) is 29.6 Å². The first kappa shape index (κ1) is 22.1. The Bertz CT molecular complexity index is 431. The molecular formula is C24H42O4. The van der Waals surface area contributed by atoms with Crippen LogP contribution in [0.2, 0.25) is 0 Å². The third-order valence-corrected chi connectivity index (χ3v) is 8.40. The van der Waals surface area contributed by atoms with Crippen molar-refractivity contribution in [3.63, 3.8) is 0 Å². The van der Waals surface area contributed by atoms with Crippen molar-refractivity contribution in [3.8, 4) is 0 Å². The Morgan fingerprint density at radius 1 is 0.750 bits per heavy atom. The number of carbonyl (C=O) groups is 1. The van der Waals surface area contributed by atoms with Crippen molar-refractivity contribution in [1.82, 2.24) is 0 Å². The van der Waals surface area contributed by atoms with Gasteiger partial charge < -0.3 is 14.6 Å². The lowest BCUT2D eigenvalue weighted by atomic mass is 9.60. The third-order valence-electron chi connectivity index (χ3n) is 8.40. The molecule has 3 rings (SSSR count). The van der Waals surface area contributed by atoms with Crippen LogP contribution in [-0.2, 0) is 14.3 Å². The first-order chi connectivity index (χ1) is 13.6. The molecule has 4 nitrogen and oxygen atoms in total. The fourth-order valence-corrected chi connectivity index (χ4v) is 6.76. The van der Waals surface area contributed by atoms with Crippen molar-refractivity contribution >= 4 is 5.97 Å². The van der Waals surface area contributed by atoms with Crippen molar-refractivity contribution in [1.29, 1.82) is 0 Å². The molecule has 3 saturated carbocycles. The van der Waals surface area contributed by atoms with Gasteiger partial charge in [-0.1, -0.05) is 12.8 Å². The molecule has 0 bridgehead atoms. The van der Waals surface area contributed by atoms with Gasteiger partial charge >= 0.3 is 5.97 Å². The van der Waals surface area contributed by atoms with E-state index in [1.807, 2.05) is 14.2 Å². The van der Waals surface area contributed by atoms with E-state index in [9.17, 15) is 4.79 Å². The summed E-state index contributed by atoms with van der Waals surface area (Å²) in [5.74, 6) is 3.48. The van der Waals surface area contributed by atoms with Crippen molar-refractivity contribution in [2.75, 3.05) is 14.2 Å². The fraction of sp³-hybridized carbons (Fsp3) is 0.958. The third kappa shape index (κ3) is 5.95. The Morgan fingerprint density at radius 2 is 1.14 bits per heavy atom. The molecule has 0 aromatic carbocycles. The number of aliphatic carboxylic acids is 1. The molecule has 3 aliphatic carbocycles. The van der Waals surface area contributed by atoms with E-state index in [4.69, 9.17) is 14.6 Å². The zero-order valence-corrected chi connectivity index (χ0v) is 18.1. The van der Waals surface area contributed by atoms with Crippen molar-refractivity contribution < 1.29 is 19.4 Å². The molecule has 0 amide bonds. The highest BCUT2D eigenvalue weighted by Crippen LogP contribution is 2.49. The van der Waals surface area contributed by atoms with E-state index in [2.05, 4.69) is 0 Å². The number of methoxy groups -OCH3 is 2. The second-order valence-electron chi connectivity index (χ2n) is 9.84. The number of hydrogen-bond donors (Lipinski definition) is 1. The monoisotopic (exact) mass is 394 g/mol. The molecule has 0 saturated heterocycles. The maximum atomic E-state index is 10.9. The standard InChI is InChI=1S/C24H42O4/c1-27-21-12-8-19(9-13-21)24(20-10-14-22(28-2)15-11-20)18-6-3-17(4-7-18)5-16-23(25)26/h17-22,24H,3-16H2,1-2H3,(H,25,26). The summed E-state index contributed by atoms with van der Waals surface area (Å²) in [6, 6.07) is 0. The number of carboxylic acids is 1. The van der Waals surface area contributed by atoms with Crippen molar-refractivity contribution in [3.05, 3.63) is 0 Å². The Kier molecular flexibility index (Phi) is 8.65. The van der Waals surface area contributed by atoms with E-state index in [0.717, 1.165) is 30.1 Å². The van der Waals surface area contributed by atoms with Crippen molar-refractivity contribution in [2.45, 2.75) is 102 Å². The van der Waals surface area contributed by atoms with Gasteiger partial charge in [0.25, 0.3) is 0 Å². The SMILES string of the molecule is COC1CCC(C(C2CCC(CCC(=O)O)CC2)C2CCC(OC)CC2)CC1. The molecule has 0 unspecified atom stereocenters. The summed E-state index contributed by atoms with van der Waals surface area (Å²) in [6.07, 6.45) is 17.6. The van der Waals surface area contributed by atoms with E-state index in [1.54, 1.807) is 0 Å². The molecule has 3 fully saturated rings. The number of hydrogen-bond acceptors (Lipinski definition) is 3. The summed E-state index contributed by atoms with van der Waals surface area (Å²) in [7, 11) is 3.74. The molecule has 1 N–H and O–H groups in total. The molecule has 0 atom stereocenters. The van der Waals surface area contributed by atoms with E-state index >= 15 is 0 Å². The largest absolute Gasteiger partial charge is 0.481 e. The Morgan fingerprint density at radius 3 is 1.50 bits per heavy atom. The van der Waals surface area contributed by atoms with Gasteiger partial charge in [-0.2, -0.15) is 0 Å². The van der Waals surface area contributed by atoms with Crippen LogP contribution in [0.4, 0.5) is 0 Å². The summed E-state index contributed by atoms with van der Waals surface area (Å²) < 4.78 is 11.3. The summed E-state index contributed by atoms with van der Waals surface area (Å²) in [5, 5.41) is 8.99. The minimum atomic E-state index is -0.634. The van der Waals surface area contributed by atoms with Gasteiger partial charge in [-0.15, -0.1) is 0 Å². The number of ether oxygens (including phenoxy) is 2. The van der Waals surface area contributed by atoms with Gasteiger partial charge in [-0.05, 0) is 100 Å². The minimum absolute atomic E-state index is 0.348. The lowest BCUT2D eigenvalue weighted by molar-refractivity contribution is -0.137. The topological polar surface area (TPSA) is 55.8 Å². The zero-order valence-electron chi connectivity index (χ0n) is 18.1. The van der Waals surface area contributed by atoms with E-state index in [-0.39, 0.29) is 0 Å². The smallest absolute Gasteiger partial charge is 0.303 e. The highest BCUT2D eigenvalue weighted by molar-refractivity contribution is 5.66. The Hall–Kier alpha value is -0.610. The van der Waals surface area contributed by atoms with Crippen LogP contribution in [0.15, 0.2) is 0 Å². The summed E-state index contributed by atoms with van der Waals surface area (Å²) in [4.78, 5) is 10.9. The molecule has 0 aromatic rings. The molecule has 28 heavy (non-hydrogen) atoms. The van der Waals surface area contributed by atoms with Crippen LogP contribution >= 0.6 is 0 Å². The Labute approximate surface area is 171 Å². The molecular weight excluding hydrogens is 352 g/mol. The zero-order chi connectivity index (χ0) is 19.9. The molecule has 3 aliphatic rings. The van der Waals surface area contributed by atoms with Gasteiger partial charge in [-0.25, -0.2) is 0 Å². The maximum absolute atomic E-state index is 10.9. The van der Waals surface area contributed by atoms with Gasteiger partial charge in [0.1, 0.15) is 0 Å². The van der Waals surface area contributed by atoms with Gasteiger partial charge in [-0.3, -0.25) is 4.79 Å². The normalized spacial score (nSPS) is 38.1. The van der Waals surface area contributed by atoms with E-state index < -0.39 is 5.97 Å². The van der Waals surface area contributed by atoms with Gasteiger partial charge in [0.05, 0.1) is 12.2 Å². The average Bonchev–Trinajstić information content (AvgIpc) is 2.74. The summed E-state index contributed by atoms with van der Waals surface area (Å²) in [6.45, 7) is 0. The van der Waals surface area contributed by atoms with Crippen LogP contribution in [0.3, 0.4) is 0 Å². The second-order valence-corrected chi connectivity index (χ2v) is 9.84. The molecule has 0 spiro atoms. The lowest BCUT2D eigenvalue weighted by Crippen LogP contribution is -2.38. The van der Waals surface area contributed by atoms with E-state index in [1.165, 1.54) is 77.0 Å². The maximum Gasteiger partial charge on any atom is 0.303 e. The molecule has 162 valence electrons. The van der Waals surface area contributed by atoms with Crippen LogP contribution in [-0.4, -0.2) is 37.5 Å². The summed E-state index contributed by atoms with van der Waals surface area (Å²) in [5.41, 5.74) is 0. The highest BCUT2D eigenvalue weighted by Gasteiger charge is 2.40.